The first-order valence-electron chi connectivity index (χ1n) is 11.1. The molecule has 0 saturated heterocycles. The molecule has 0 spiro atoms. The summed E-state index contributed by atoms with van der Waals surface area (Å²) in [4.78, 5) is 5.97. The molecule has 5 aliphatic rings. The van der Waals surface area contributed by atoms with Gasteiger partial charge in [0.2, 0.25) is 0 Å². The van der Waals surface area contributed by atoms with Gasteiger partial charge in [-0.25, -0.2) is 0 Å². The van der Waals surface area contributed by atoms with Gasteiger partial charge in [0.15, 0.2) is 0 Å². The van der Waals surface area contributed by atoms with Crippen LogP contribution in [0.4, 0.5) is 0 Å². The van der Waals surface area contributed by atoms with Gasteiger partial charge >= 0.3 is 0 Å². The lowest BCUT2D eigenvalue weighted by molar-refractivity contribution is 0.238. The van der Waals surface area contributed by atoms with Crippen molar-refractivity contribution >= 4 is 23.4 Å². The van der Waals surface area contributed by atoms with Crippen LogP contribution in [0.25, 0.3) is 0 Å². The maximum Gasteiger partial charge on any atom is 0.109 e. The molecule has 6 rings (SSSR count). The average molecular weight is 393 g/mol. The molecule has 0 radical (unpaired) electrons. The number of allylic oxidation sites excluding steroid dienone is 2. The highest BCUT2D eigenvalue weighted by molar-refractivity contribution is 7.80. The van der Waals surface area contributed by atoms with Crippen LogP contribution in [0, 0.1) is 23.2 Å². The predicted molar refractivity (Wildman–Crippen MR) is 121 cm³/mol. The Bertz CT molecular complexity index is 820. The Balaban J connectivity index is 1.43. The van der Waals surface area contributed by atoms with Crippen molar-refractivity contribution in [3.05, 3.63) is 47.5 Å². The summed E-state index contributed by atoms with van der Waals surface area (Å²) in [6.45, 7) is 2.23. The van der Waals surface area contributed by atoms with Crippen LogP contribution in [-0.4, -0.2) is 17.2 Å². The van der Waals surface area contributed by atoms with Crippen LogP contribution < -0.4 is 5.73 Å². The molecule has 2 nitrogen and oxygen atoms in total. The van der Waals surface area contributed by atoms with Crippen LogP contribution in [-0.2, 0) is 5.41 Å². The highest BCUT2D eigenvalue weighted by Crippen LogP contribution is 2.73. The lowest BCUT2D eigenvalue weighted by Gasteiger charge is -2.41. The van der Waals surface area contributed by atoms with E-state index < -0.39 is 0 Å². The summed E-state index contributed by atoms with van der Waals surface area (Å²) < 4.78 is 0. The Morgan fingerprint density at radius 2 is 1.86 bits per heavy atom. The van der Waals surface area contributed by atoms with Crippen molar-refractivity contribution in [2.45, 2.75) is 69.7 Å². The number of nitrogens with zero attached hydrogens (tertiary/aromatic N) is 1. The summed E-state index contributed by atoms with van der Waals surface area (Å²) in [5, 5.41) is 0. The van der Waals surface area contributed by atoms with Crippen molar-refractivity contribution in [1.29, 1.82) is 0 Å². The van der Waals surface area contributed by atoms with Crippen LogP contribution in [0.15, 0.2) is 47.0 Å². The lowest BCUT2D eigenvalue weighted by Crippen LogP contribution is -2.36. The first-order valence-corrected chi connectivity index (χ1v) is 11.5. The average Bonchev–Trinajstić information content (AvgIpc) is 3.10. The predicted octanol–water partition coefficient (Wildman–Crippen LogP) is 5.61. The van der Waals surface area contributed by atoms with Crippen LogP contribution in [0.3, 0.4) is 0 Å². The van der Waals surface area contributed by atoms with Gasteiger partial charge < -0.3 is 5.73 Å². The van der Waals surface area contributed by atoms with Crippen molar-refractivity contribution in [3.63, 3.8) is 0 Å². The summed E-state index contributed by atoms with van der Waals surface area (Å²) in [5.74, 6) is 1.86. The Morgan fingerprint density at radius 1 is 1.11 bits per heavy atom. The van der Waals surface area contributed by atoms with E-state index >= 15 is 0 Å². The van der Waals surface area contributed by atoms with Gasteiger partial charge in [0.05, 0.1) is 0 Å². The van der Waals surface area contributed by atoms with Gasteiger partial charge in [0, 0.05) is 17.7 Å². The molecule has 2 N–H and O–H groups in total. The number of nitrogens with two attached hydrogens (primary N) is 1. The molecule has 1 aromatic carbocycles. The molecule has 4 atom stereocenters. The van der Waals surface area contributed by atoms with E-state index in [-0.39, 0.29) is 5.41 Å². The molecule has 5 saturated carbocycles. The van der Waals surface area contributed by atoms with E-state index in [0.29, 0.717) is 29.2 Å². The third kappa shape index (κ3) is 2.77. The molecule has 1 aromatic rings. The van der Waals surface area contributed by atoms with E-state index in [2.05, 4.69) is 49.5 Å². The molecule has 4 bridgehead atoms. The maximum atomic E-state index is 6.07. The van der Waals surface area contributed by atoms with E-state index in [1.807, 2.05) is 0 Å². The van der Waals surface area contributed by atoms with Crippen LogP contribution in [0.1, 0.15) is 63.9 Å². The van der Waals surface area contributed by atoms with Crippen molar-refractivity contribution in [2.24, 2.45) is 33.9 Å². The second kappa shape index (κ2) is 6.88. The highest BCUT2D eigenvalue weighted by atomic mass is 32.1. The minimum absolute atomic E-state index is 0.109. The molecule has 5 fully saturated rings. The molecular weight excluding hydrogens is 360 g/mol. The highest BCUT2D eigenvalue weighted by Gasteiger charge is 2.67. The van der Waals surface area contributed by atoms with E-state index in [4.69, 9.17) is 22.9 Å². The van der Waals surface area contributed by atoms with Gasteiger partial charge in [-0.05, 0) is 87.0 Å². The zero-order chi connectivity index (χ0) is 19.4. The Hall–Kier alpha value is -1.32. The fourth-order valence-corrected chi connectivity index (χ4v) is 7.53. The molecule has 5 aliphatic carbocycles. The zero-order valence-corrected chi connectivity index (χ0v) is 17.8. The van der Waals surface area contributed by atoms with Gasteiger partial charge in [-0.2, -0.15) is 0 Å². The van der Waals surface area contributed by atoms with Gasteiger partial charge in [-0.15, -0.1) is 0 Å². The third-order valence-corrected chi connectivity index (χ3v) is 8.91. The molecule has 28 heavy (non-hydrogen) atoms. The second-order valence-electron chi connectivity index (χ2n) is 9.89. The number of hydrogen-bond donors (Lipinski definition) is 1. The molecule has 148 valence electrons. The first-order chi connectivity index (χ1) is 13.6. The fraction of sp³-hybridized carbons (Fsp3) is 0.600. The first kappa shape index (κ1) is 18.7. The largest absolute Gasteiger partial charge is 0.328 e. The van der Waals surface area contributed by atoms with Crippen LogP contribution >= 0.6 is 12.2 Å². The van der Waals surface area contributed by atoms with Crippen molar-refractivity contribution < 1.29 is 0 Å². The number of aliphatic imine (C=N–C) groups is 1. The molecule has 0 aromatic heterocycles. The van der Waals surface area contributed by atoms with Gasteiger partial charge in [-0.1, -0.05) is 54.2 Å². The number of benzene rings is 1. The zero-order valence-electron chi connectivity index (χ0n) is 16.9. The lowest BCUT2D eigenvalue weighted by atomic mass is 9.63. The summed E-state index contributed by atoms with van der Waals surface area (Å²) in [7, 11) is 0. The van der Waals surface area contributed by atoms with E-state index in [1.54, 1.807) is 5.57 Å². The Kier molecular flexibility index (Phi) is 4.59. The third-order valence-electron chi connectivity index (χ3n) is 8.40. The summed E-state index contributed by atoms with van der Waals surface area (Å²) in [6, 6.07) is 11.6. The number of hydrogen-bond acceptors (Lipinski definition) is 2. The second-order valence-corrected chi connectivity index (χ2v) is 10.3. The van der Waals surface area contributed by atoms with Gasteiger partial charge in [0.1, 0.15) is 4.99 Å². The quantitative estimate of drug-likeness (QED) is 0.413. The van der Waals surface area contributed by atoms with Gasteiger partial charge in [-0.3, -0.25) is 4.99 Å². The van der Waals surface area contributed by atoms with Gasteiger partial charge in [0.25, 0.3) is 0 Å². The topological polar surface area (TPSA) is 38.4 Å². The minimum atomic E-state index is 0.109. The SMILES string of the molecule is C/C=C1/C2CC3(c4ccccc4)CC1C(C(=S)N=CC1CCC(N)CC1)(C2)C3. The van der Waals surface area contributed by atoms with Crippen molar-refractivity contribution in [1.82, 2.24) is 0 Å². The summed E-state index contributed by atoms with van der Waals surface area (Å²) in [5.41, 5.74) is 9.67. The smallest absolute Gasteiger partial charge is 0.109 e. The van der Waals surface area contributed by atoms with E-state index in [0.717, 1.165) is 17.8 Å². The minimum Gasteiger partial charge on any atom is -0.328 e. The standard InChI is InChI=1S/C25H32N2S/c1-2-21-18-12-24(19-6-4-3-5-7-19)14-22(21)25(13-18,16-24)23(28)27-15-17-8-10-20(26)11-9-17/h2-7,15,17-18,20,22H,8-14,16,26H2,1H3/b21-2-,27-15?. The summed E-state index contributed by atoms with van der Waals surface area (Å²) >= 11 is 6.06. The number of rotatable bonds is 3. The molecule has 0 heterocycles. The maximum absolute atomic E-state index is 6.07. The van der Waals surface area contributed by atoms with E-state index in [1.165, 1.54) is 44.1 Å². The monoisotopic (exact) mass is 392 g/mol. The van der Waals surface area contributed by atoms with E-state index in [9.17, 15) is 0 Å². The molecule has 4 unspecified atom stereocenters. The molecule has 0 amide bonds. The Morgan fingerprint density at radius 3 is 2.57 bits per heavy atom. The fourth-order valence-electron chi connectivity index (χ4n) is 7.17. The molecule has 0 aliphatic heterocycles. The number of thiocarbonyl (C=S) groups is 1. The summed E-state index contributed by atoms with van der Waals surface area (Å²) in [6.07, 6.45) is 14.1. The van der Waals surface area contributed by atoms with Crippen molar-refractivity contribution in [2.75, 3.05) is 0 Å². The van der Waals surface area contributed by atoms with Crippen LogP contribution in [0.2, 0.25) is 0 Å². The normalized spacial score (nSPS) is 43.3. The van der Waals surface area contributed by atoms with Crippen LogP contribution in [0.5, 0.6) is 0 Å². The molecular formula is C25H32N2S. The molecule has 3 heteroatoms. The van der Waals surface area contributed by atoms with Crippen molar-refractivity contribution in [3.8, 4) is 0 Å². The Labute approximate surface area is 174 Å².